The van der Waals surface area contributed by atoms with Crippen molar-refractivity contribution in [2.75, 3.05) is 18.0 Å². The normalized spacial score (nSPS) is 19.0. The molecule has 5 heteroatoms. The minimum atomic E-state index is -0.421. The monoisotopic (exact) mass is 322 g/mol. The molecular weight excluding hydrogens is 300 g/mol. The number of amides is 2. The van der Waals surface area contributed by atoms with Gasteiger partial charge in [-0.3, -0.25) is 9.59 Å². The molecule has 0 bridgehead atoms. The van der Waals surface area contributed by atoms with E-state index >= 15 is 0 Å². The number of benzene rings is 1. The van der Waals surface area contributed by atoms with Gasteiger partial charge in [-0.1, -0.05) is 25.4 Å². The van der Waals surface area contributed by atoms with E-state index in [9.17, 15) is 9.59 Å². The molecule has 1 fully saturated rings. The molecular formula is C17H23ClN2O2. The molecule has 2 rings (SSSR count). The Labute approximate surface area is 137 Å². The largest absolute Gasteiger partial charge is 0.329 e. The third kappa shape index (κ3) is 3.43. The van der Waals surface area contributed by atoms with Gasteiger partial charge in [0.15, 0.2) is 0 Å². The van der Waals surface area contributed by atoms with E-state index in [4.69, 9.17) is 11.6 Å². The van der Waals surface area contributed by atoms with Crippen LogP contribution in [0.4, 0.5) is 5.69 Å². The first-order valence-corrected chi connectivity index (χ1v) is 8.06. The summed E-state index contributed by atoms with van der Waals surface area (Å²) in [4.78, 5) is 28.4. The molecule has 0 radical (unpaired) electrons. The van der Waals surface area contributed by atoms with E-state index in [0.29, 0.717) is 30.5 Å². The van der Waals surface area contributed by atoms with Gasteiger partial charge in [-0.2, -0.15) is 0 Å². The Bertz CT molecular complexity index is 586. The molecule has 1 aliphatic rings. The lowest BCUT2D eigenvalue weighted by molar-refractivity contribution is -0.141. The molecule has 1 atom stereocenters. The lowest BCUT2D eigenvalue weighted by atomic mass is 10.1. The molecule has 1 aromatic carbocycles. The van der Waals surface area contributed by atoms with Gasteiger partial charge in [-0.05, 0) is 43.5 Å². The first kappa shape index (κ1) is 16.8. The highest BCUT2D eigenvalue weighted by molar-refractivity contribution is 6.30. The van der Waals surface area contributed by atoms with Crippen LogP contribution in [0, 0.1) is 12.8 Å². The van der Waals surface area contributed by atoms with Gasteiger partial charge in [-0.25, -0.2) is 0 Å². The molecule has 0 unspecified atom stereocenters. The van der Waals surface area contributed by atoms with Gasteiger partial charge in [0.05, 0.1) is 0 Å². The van der Waals surface area contributed by atoms with E-state index in [0.717, 1.165) is 11.3 Å². The topological polar surface area (TPSA) is 40.6 Å². The molecule has 0 aromatic heterocycles. The van der Waals surface area contributed by atoms with E-state index in [1.807, 2.05) is 32.9 Å². The second-order valence-electron chi connectivity index (χ2n) is 6.28. The van der Waals surface area contributed by atoms with Crippen LogP contribution in [0.3, 0.4) is 0 Å². The van der Waals surface area contributed by atoms with Crippen molar-refractivity contribution in [1.29, 1.82) is 0 Å². The Morgan fingerprint density at radius 3 is 2.64 bits per heavy atom. The van der Waals surface area contributed by atoms with Crippen LogP contribution in [-0.4, -0.2) is 35.8 Å². The molecule has 120 valence electrons. The van der Waals surface area contributed by atoms with Crippen LogP contribution in [0.25, 0.3) is 0 Å². The molecule has 22 heavy (non-hydrogen) atoms. The van der Waals surface area contributed by atoms with Crippen molar-refractivity contribution in [2.45, 2.75) is 40.2 Å². The Hall–Kier alpha value is -1.55. The van der Waals surface area contributed by atoms with Crippen molar-refractivity contribution in [2.24, 2.45) is 5.92 Å². The van der Waals surface area contributed by atoms with Crippen molar-refractivity contribution in [3.63, 3.8) is 0 Å². The summed E-state index contributed by atoms with van der Waals surface area (Å²) in [7, 11) is 0. The number of halogens is 1. The van der Waals surface area contributed by atoms with Crippen LogP contribution >= 0.6 is 11.6 Å². The fourth-order valence-electron chi connectivity index (χ4n) is 2.84. The maximum atomic E-state index is 12.7. The summed E-state index contributed by atoms with van der Waals surface area (Å²) in [6, 6.07) is 5.09. The maximum Gasteiger partial charge on any atom is 0.249 e. The van der Waals surface area contributed by atoms with Gasteiger partial charge in [0.1, 0.15) is 6.04 Å². The third-order valence-corrected chi connectivity index (χ3v) is 4.24. The number of hydrogen-bond donors (Lipinski definition) is 0. The molecule has 4 nitrogen and oxygen atoms in total. The summed E-state index contributed by atoms with van der Waals surface area (Å²) >= 11 is 5.98. The number of piperazine rings is 1. The fraction of sp³-hybridized carbons (Fsp3) is 0.529. The van der Waals surface area contributed by atoms with Crippen LogP contribution in [-0.2, 0) is 9.59 Å². The third-order valence-electron chi connectivity index (χ3n) is 4.01. The van der Waals surface area contributed by atoms with Crippen molar-refractivity contribution < 1.29 is 9.59 Å². The van der Waals surface area contributed by atoms with Gasteiger partial charge in [0.2, 0.25) is 11.8 Å². The molecule has 1 saturated heterocycles. The SMILES string of the molecule is Cc1cc(Cl)ccc1N1CCN(C(=O)CC(C)C)[C@@H](C)C1=O. The molecule has 1 heterocycles. The molecule has 0 saturated carbocycles. The van der Waals surface area contributed by atoms with Crippen molar-refractivity contribution in [3.8, 4) is 0 Å². The van der Waals surface area contributed by atoms with E-state index in [1.54, 1.807) is 22.8 Å². The highest BCUT2D eigenvalue weighted by Gasteiger charge is 2.35. The zero-order valence-electron chi connectivity index (χ0n) is 13.6. The molecule has 0 aliphatic carbocycles. The summed E-state index contributed by atoms with van der Waals surface area (Å²) in [6.07, 6.45) is 0.484. The van der Waals surface area contributed by atoms with Crippen LogP contribution in [0.5, 0.6) is 0 Å². The molecule has 1 aliphatic heterocycles. The number of nitrogens with zero attached hydrogens (tertiary/aromatic N) is 2. The molecule has 1 aromatic rings. The Morgan fingerprint density at radius 1 is 1.36 bits per heavy atom. The number of carbonyl (C=O) groups excluding carboxylic acids is 2. The van der Waals surface area contributed by atoms with Gasteiger partial charge < -0.3 is 9.80 Å². The lowest BCUT2D eigenvalue weighted by Gasteiger charge is -2.40. The van der Waals surface area contributed by atoms with Crippen LogP contribution in [0.2, 0.25) is 5.02 Å². The van der Waals surface area contributed by atoms with Crippen LogP contribution in [0.1, 0.15) is 32.8 Å². The average Bonchev–Trinajstić information content (AvgIpc) is 2.41. The van der Waals surface area contributed by atoms with Crippen molar-refractivity contribution in [1.82, 2.24) is 4.90 Å². The lowest BCUT2D eigenvalue weighted by Crippen LogP contribution is -2.58. The Kier molecular flexibility index (Phi) is 5.12. The predicted octanol–water partition coefficient (Wildman–Crippen LogP) is 3.26. The first-order chi connectivity index (χ1) is 10.3. The number of anilines is 1. The van der Waals surface area contributed by atoms with Crippen molar-refractivity contribution >= 4 is 29.1 Å². The summed E-state index contributed by atoms with van der Waals surface area (Å²) in [5.41, 5.74) is 1.84. The fourth-order valence-corrected chi connectivity index (χ4v) is 3.07. The number of carbonyl (C=O) groups is 2. The van der Waals surface area contributed by atoms with E-state index in [2.05, 4.69) is 0 Å². The first-order valence-electron chi connectivity index (χ1n) is 7.68. The molecule has 0 spiro atoms. The predicted molar refractivity (Wildman–Crippen MR) is 89.2 cm³/mol. The quantitative estimate of drug-likeness (QED) is 0.857. The zero-order chi connectivity index (χ0) is 16.4. The van der Waals surface area contributed by atoms with Gasteiger partial charge in [-0.15, -0.1) is 0 Å². The van der Waals surface area contributed by atoms with E-state index < -0.39 is 6.04 Å². The maximum absolute atomic E-state index is 12.7. The standard InChI is InChI=1S/C17H23ClN2O2/c1-11(2)9-16(21)19-7-8-20(17(22)13(19)4)15-6-5-14(18)10-12(15)3/h5-6,10-11,13H,7-9H2,1-4H3/t13-/m0/s1. The minimum absolute atomic E-state index is 0.0335. The van der Waals surface area contributed by atoms with E-state index in [1.165, 1.54) is 0 Å². The van der Waals surface area contributed by atoms with E-state index in [-0.39, 0.29) is 11.8 Å². The number of rotatable bonds is 3. The zero-order valence-corrected chi connectivity index (χ0v) is 14.4. The Balaban J connectivity index is 2.17. The summed E-state index contributed by atoms with van der Waals surface area (Å²) < 4.78 is 0. The minimum Gasteiger partial charge on any atom is -0.329 e. The number of aryl methyl sites for hydroxylation is 1. The summed E-state index contributed by atoms with van der Waals surface area (Å²) in [5.74, 6) is 0.323. The summed E-state index contributed by atoms with van der Waals surface area (Å²) in [6.45, 7) is 8.86. The Morgan fingerprint density at radius 2 is 2.05 bits per heavy atom. The molecule has 0 N–H and O–H groups in total. The highest BCUT2D eigenvalue weighted by Crippen LogP contribution is 2.27. The highest BCUT2D eigenvalue weighted by atomic mass is 35.5. The number of hydrogen-bond acceptors (Lipinski definition) is 2. The summed E-state index contributed by atoms with van der Waals surface area (Å²) in [5, 5.41) is 0.660. The van der Waals surface area contributed by atoms with Crippen LogP contribution < -0.4 is 4.90 Å². The van der Waals surface area contributed by atoms with Gasteiger partial charge >= 0.3 is 0 Å². The van der Waals surface area contributed by atoms with Crippen LogP contribution in [0.15, 0.2) is 18.2 Å². The van der Waals surface area contributed by atoms with Gasteiger partial charge in [0.25, 0.3) is 0 Å². The second-order valence-corrected chi connectivity index (χ2v) is 6.72. The average molecular weight is 323 g/mol. The molecule has 2 amide bonds. The van der Waals surface area contributed by atoms with Crippen molar-refractivity contribution in [3.05, 3.63) is 28.8 Å². The smallest absolute Gasteiger partial charge is 0.249 e. The second kappa shape index (κ2) is 6.69. The van der Waals surface area contributed by atoms with Gasteiger partial charge in [0, 0.05) is 30.2 Å².